The summed E-state index contributed by atoms with van der Waals surface area (Å²) in [6, 6.07) is 17.7. The summed E-state index contributed by atoms with van der Waals surface area (Å²) < 4.78 is 22.8. The van der Waals surface area contributed by atoms with Gasteiger partial charge in [0.2, 0.25) is 11.9 Å². The SMILES string of the molecule is Cc1cc2c(C(N)=O)cccc2n1-c1nc(NCc2ccccc2)c2c(n1)C(OCCN1CCC(C)(F)C1)CCC2. The van der Waals surface area contributed by atoms with Crippen molar-refractivity contribution in [1.82, 2.24) is 19.4 Å². The van der Waals surface area contributed by atoms with Gasteiger partial charge in [0.15, 0.2) is 0 Å². The van der Waals surface area contributed by atoms with E-state index >= 15 is 0 Å². The Morgan fingerprint density at radius 1 is 1.20 bits per heavy atom. The highest BCUT2D eigenvalue weighted by atomic mass is 19.1. The van der Waals surface area contributed by atoms with Gasteiger partial charge in [0.25, 0.3) is 0 Å². The van der Waals surface area contributed by atoms with Crippen molar-refractivity contribution in [3.8, 4) is 5.95 Å². The van der Waals surface area contributed by atoms with E-state index in [2.05, 4.69) is 22.3 Å². The maximum absolute atomic E-state index is 14.3. The van der Waals surface area contributed by atoms with Crippen LogP contribution >= 0.6 is 0 Å². The molecule has 1 fully saturated rings. The fourth-order valence-corrected chi connectivity index (χ4v) is 6.17. The third-order valence-electron chi connectivity index (χ3n) is 8.25. The molecule has 3 heterocycles. The standard InChI is InChI=1S/C32H37FN6O2/c1-21-18-25-23(29(34)40)10-6-12-26(25)39(21)31-36-28-24(30(37-31)35-19-22-8-4-3-5-9-22)11-7-13-27(28)41-17-16-38-15-14-32(2,33)20-38/h3-6,8-10,12,18,27H,7,11,13-17,19-20H2,1-2H3,(H2,34,40)(H,35,36,37). The number of benzene rings is 2. The van der Waals surface area contributed by atoms with E-state index in [4.69, 9.17) is 20.4 Å². The number of aryl methyl sites for hydroxylation is 1. The molecule has 1 aliphatic carbocycles. The highest BCUT2D eigenvalue weighted by Gasteiger charge is 2.33. The number of ether oxygens (including phenoxy) is 1. The Bertz CT molecular complexity index is 1570. The number of hydrogen-bond donors (Lipinski definition) is 2. The molecule has 9 heteroatoms. The third kappa shape index (κ3) is 5.69. The molecule has 1 aliphatic heterocycles. The number of carbonyl (C=O) groups excluding carboxylic acids is 1. The van der Waals surface area contributed by atoms with Crippen LogP contribution in [-0.2, 0) is 17.7 Å². The van der Waals surface area contributed by atoms with Gasteiger partial charge >= 0.3 is 0 Å². The Hall–Kier alpha value is -3.82. The molecule has 3 N–H and O–H groups in total. The van der Waals surface area contributed by atoms with Crippen molar-refractivity contribution in [2.45, 2.75) is 57.8 Å². The normalized spacial score (nSPS) is 20.8. The summed E-state index contributed by atoms with van der Waals surface area (Å²) >= 11 is 0. The number of fused-ring (bicyclic) bond motifs is 2. The first-order chi connectivity index (χ1) is 19.8. The van der Waals surface area contributed by atoms with Crippen molar-refractivity contribution < 1.29 is 13.9 Å². The summed E-state index contributed by atoms with van der Waals surface area (Å²) in [5, 5.41) is 4.35. The molecule has 2 atom stereocenters. The van der Waals surface area contributed by atoms with E-state index in [1.165, 1.54) is 0 Å². The van der Waals surface area contributed by atoms with Gasteiger partial charge < -0.3 is 15.8 Å². The van der Waals surface area contributed by atoms with Crippen LogP contribution in [0.4, 0.5) is 10.2 Å². The maximum Gasteiger partial charge on any atom is 0.249 e. The minimum Gasteiger partial charge on any atom is -0.371 e. The van der Waals surface area contributed by atoms with Crippen LogP contribution in [0.5, 0.6) is 0 Å². The molecule has 2 unspecified atom stereocenters. The van der Waals surface area contributed by atoms with Gasteiger partial charge in [0, 0.05) is 48.4 Å². The second-order valence-electron chi connectivity index (χ2n) is 11.5. The number of primary amides is 1. The van der Waals surface area contributed by atoms with Crippen LogP contribution in [0, 0.1) is 6.92 Å². The fourth-order valence-electron chi connectivity index (χ4n) is 6.17. The summed E-state index contributed by atoms with van der Waals surface area (Å²) in [5.74, 6) is 0.850. The molecule has 1 amide bonds. The van der Waals surface area contributed by atoms with E-state index in [1.807, 2.05) is 47.9 Å². The molecule has 0 saturated carbocycles. The zero-order chi connectivity index (χ0) is 28.6. The van der Waals surface area contributed by atoms with Gasteiger partial charge in [0.05, 0.1) is 17.8 Å². The number of rotatable bonds is 9. The van der Waals surface area contributed by atoms with Crippen molar-refractivity contribution in [2.75, 3.05) is 31.6 Å². The lowest BCUT2D eigenvalue weighted by atomic mass is 9.93. The Labute approximate surface area is 239 Å². The molecular formula is C32H37FN6O2. The molecule has 6 rings (SSSR count). The van der Waals surface area contributed by atoms with E-state index in [1.54, 1.807) is 13.0 Å². The lowest BCUT2D eigenvalue weighted by Crippen LogP contribution is -2.30. The zero-order valence-electron chi connectivity index (χ0n) is 23.7. The molecule has 0 spiro atoms. The van der Waals surface area contributed by atoms with Crippen LogP contribution < -0.4 is 11.1 Å². The molecule has 2 aromatic carbocycles. The van der Waals surface area contributed by atoms with Crippen LogP contribution in [0.2, 0.25) is 0 Å². The van der Waals surface area contributed by atoms with Gasteiger partial charge in [-0.05, 0) is 63.3 Å². The zero-order valence-corrected chi connectivity index (χ0v) is 23.7. The summed E-state index contributed by atoms with van der Waals surface area (Å²) in [4.78, 5) is 24.4. The molecule has 1 saturated heterocycles. The molecule has 214 valence electrons. The minimum absolute atomic E-state index is 0.180. The van der Waals surface area contributed by atoms with E-state index < -0.39 is 11.6 Å². The first-order valence-electron chi connectivity index (χ1n) is 14.4. The van der Waals surface area contributed by atoms with Crippen molar-refractivity contribution in [1.29, 1.82) is 0 Å². The highest BCUT2D eigenvalue weighted by Crippen LogP contribution is 2.36. The number of likely N-dealkylation sites (tertiary alicyclic amines) is 1. The van der Waals surface area contributed by atoms with Gasteiger partial charge in [0.1, 0.15) is 17.6 Å². The topological polar surface area (TPSA) is 98.3 Å². The number of nitrogens with zero attached hydrogens (tertiary/aromatic N) is 4. The van der Waals surface area contributed by atoms with Crippen LogP contribution in [-0.4, -0.2) is 57.3 Å². The highest BCUT2D eigenvalue weighted by molar-refractivity contribution is 6.06. The number of hydrogen-bond acceptors (Lipinski definition) is 6. The number of amides is 1. The number of nitrogens with two attached hydrogens (primary N) is 1. The maximum atomic E-state index is 14.3. The van der Waals surface area contributed by atoms with E-state index in [0.29, 0.717) is 44.2 Å². The molecule has 2 aliphatic rings. The number of carbonyl (C=O) groups is 1. The Morgan fingerprint density at radius 2 is 2.02 bits per heavy atom. The molecule has 4 aromatic rings. The monoisotopic (exact) mass is 556 g/mol. The number of halogens is 1. The number of anilines is 1. The quantitative estimate of drug-likeness (QED) is 0.292. The van der Waals surface area contributed by atoms with Crippen LogP contribution in [0.25, 0.3) is 16.9 Å². The molecule has 8 nitrogen and oxygen atoms in total. The van der Waals surface area contributed by atoms with Gasteiger partial charge in [-0.15, -0.1) is 0 Å². The number of nitrogens with one attached hydrogen (secondary N) is 1. The Balaban J connectivity index is 1.36. The van der Waals surface area contributed by atoms with E-state index in [9.17, 15) is 9.18 Å². The van der Waals surface area contributed by atoms with E-state index in [-0.39, 0.29) is 6.10 Å². The fraction of sp³-hybridized carbons (Fsp3) is 0.406. The smallest absolute Gasteiger partial charge is 0.249 e. The van der Waals surface area contributed by atoms with Crippen molar-refractivity contribution in [2.24, 2.45) is 5.73 Å². The summed E-state index contributed by atoms with van der Waals surface area (Å²) in [7, 11) is 0. The average molecular weight is 557 g/mol. The molecular weight excluding hydrogens is 519 g/mol. The predicted octanol–water partition coefficient (Wildman–Crippen LogP) is 5.27. The van der Waals surface area contributed by atoms with Gasteiger partial charge in [-0.3, -0.25) is 14.3 Å². The first kappa shape index (κ1) is 27.4. The molecule has 0 radical (unpaired) electrons. The first-order valence-corrected chi connectivity index (χ1v) is 14.4. The second-order valence-corrected chi connectivity index (χ2v) is 11.5. The largest absolute Gasteiger partial charge is 0.371 e. The Kier molecular flexibility index (Phi) is 7.48. The second kappa shape index (κ2) is 11.2. The third-order valence-corrected chi connectivity index (χ3v) is 8.25. The van der Waals surface area contributed by atoms with Gasteiger partial charge in [-0.2, -0.15) is 4.98 Å². The molecule has 2 aromatic heterocycles. The van der Waals surface area contributed by atoms with Gasteiger partial charge in [-0.25, -0.2) is 9.37 Å². The van der Waals surface area contributed by atoms with E-state index in [0.717, 1.165) is 65.0 Å². The van der Waals surface area contributed by atoms with Crippen LogP contribution in [0.15, 0.2) is 54.6 Å². The predicted molar refractivity (Wildman–Crippen MR) is 158 cm³/mol. The average Bonchev–Trinajstić information content (AvgIpc) is 3.49. The lowest BCUT2D eigenvalue weighted by Gasteiger charge is -2.28. The van der Waals surface area contributed by atoms with Crippen molar-refractivity contribution >= 4 is 22.6 Å². The molecule has 41 heavy (non-hydrogen) atoms. The summed E-state index contributed by atoms with van der Waals surface area (Å²) in [6.07, 6.45) is 3.07. The summed E-state index contributed by atoms with van der Waals surface area (Å²) in [5.41, 5.74) is 9.88. The molecule has 0 bridgehead atoms. The van der Waals surface area contributed by atoms with Gasteiger partial charge in [-0.1, -0.05) is 36.4 Å². The number of alkyl halides is 1. The Morgan fingerprint density at radius 3 is 2.78 bits per heavy atom. The van der Waals surface area contributed by atoms with Crippen molar-refractivity contribution in [3.05, 3.63) is 82.7 Å². The summed E-state index contributed by atoms with van der Waals surface area (Å²) in [6.45, 7) is 6.69. The minimum atomic E-state index is -1.12. The lowest BCUT2D eigenvalue weighted by molar-refractivity contribution is 0.0248. The van der Waals surface area contributed by atoms with Crippen molar-refractivity contribution in [3.63, 3.8) is 0 Å². The van der Waals surface area contributed by atoms with Crippen LogP contribution in [0.1, 0.15) is 65.2 Å². The number of aromatic nitrogens is 3. The van der Waals surface area contributed by atoms with Crippen LogP contribution in [0.3, 0.4) is 0 Å².